The molecule has 0 saturated heterocycles. The van der Waals surface area contributed by atoms with Crippen LogP contribution in [0.25, 0.3) is 11.0 Å². The lowest BCUT2D eigenvalue weighted by Crippen LogP contribution is -2.36. The van der Waals surface area contributed by atoms with Crippen molar-refractivity contribution >= 4 is 39.5 Å². The number of carboxylic acids is 1. The quantitative estimate of drug-likeness (QED) is 0.386. The molecular formula is C24H28ClNO6S. The van der Waals surface area contributed by atoms with Crippen molar-refractivity contribution in [3.05, 3.63) is 52.5 Å². The van der Waals surface area contributed by atoms with Crippen LogP contribution in [0.5, 0.6) is 11.5 Å². The average Bonchev–Trinajstić information content (AvgIpc) is 3.08. The molecule has 2 aromatic carbocycles. The van der Waals surface area contributed by atoms with Gasteiger partial charge in [-0.3, -0.25) is 0 Å². The fraction of sp³-hybridized carbons (Fsp3) is 0.375. The molecule has 0 aliphatic rings. The Hall–Kier alpha value is -2.55. The molecule has 0 fully saturated rings. The molecule has 1 N–H and O–H groups in total. The fourth-order valence-corrected chi connectivity index (χ4v) is 5.13. The Morgan fingerprint density at radius 2 is 2.00 bits per heavy atom. The molecule has 178 valence electrons. The number of rotatable bonds is 11. The molecule has 9 heteroatoms. The highest BCUT2D eigenvalue weighted by molar-refractivity contribution is 7.82. The summed E-state index contributed by atoms with van der Waals surface area (Å²) in [7, 11) is -1.50. The van der Waals surface area contributed by atoms with Gasteiger partial charge in [-0.25, -0.2) is 13.3 Å². The Labute approximate surface area is 200 Å². The summed E-state index contributed by atoms with van der Waals surface area (Å²) in [5, 5.41) is 10.6. The third-order valence-electron chi connectivity index (χ3n) is 5.02. The summed E-state index contributed by atoms with van der Waals surface area (Å²) in [6.45, 7) is 8.28. The minimum atomic E-state index is -1.50. The SMILES string of the molecule is CCCN(CC(C)Oc1ccc(OCC(=O)O)c(C)c1)S(=O)c1oc2ccc(Cl)cc2c1C. The number of hydrogen-bond acceptors (Lipinski definition) is 5. The van der Waals surface area contributed by atoms with E-state index in [2.05, 4.69) is 0 Å². The Kier molecular flexibility index (Phi) is 8.40. The van der Waals surface area contributed by atoms with Crippen LogP contribution in [0, 0.1) is 13.8 Å². The number of hydrogen-bond donors (Lipinski definition) is 1. The summed E-state index contributed by atoms with van der Waals surface area (Å²) in [6.07, 6.45) is 0.558. The van der Waals surface area contributed by atoms with Crippen molar-refractivity contribution in [3.63, 3.8) is 0 Å². The summed E-state index contributed by atoms with van der Waals surface area (Å²) in [6, 6.07) is 10.6. The summed E-state index contributed by atoms with van der Waals surface area (Å²) in [4.78, 5) is 10.7. The highest BCUT2D eigenvalue weighted by Gasteiger charge is 2.24. The van der Waals surface area contributed by atoms with E-state index in [1.165, 1.54) is 0 Å². The number of nitrogens with zero attached hydrogens (tertiary/aromatic N) is 1. The Bertz CT molecular complexity index is 1160. The second-order valence-corrected chi connectivity index (χ2v) is 9.65. The highest BCUT2D eigenvalue weighted by atomic mass is 35.5. The zero-order valence-electron chi connectivity index (χ0n) is 19.1. The zero-order chi connectivity index (χ0) is 24.1. The molecule has 3 rings (SSSR count). The molecule has 0 amide bonds. The Morgan fingerprint density at radius 3 is 2.67 bits per heavy atom. The Morgan fingerprint density at radius 1 is 1.24 bits per heavy atom. The predicted molar refractivity (Wildman–Crippen MR) is 129 cm³/mol. The number of ether oxygens (including phenoxy) is 2. The number of aliphatic carboxylic acids is 1. The molecule has 2 unspecified atom stereocenters. The van der Waals surface area contributed by atoms with Gasteiger partial charge in [-0.05, 0) is 69.2 Å². The first-order valence-electron chi connectivity index (χ1n) is 10.7. The number of fused-ring (bicyclic) bond motifs is 1. The molecule has 0 spiro atoms. The maximum atomic E-state index is 13.4. The molecule has 0 radical (unpaired) electrons. The van der Waals surface area contributed by atoms with E-state index in [9.17, 15) is 9.00 Å². The van der Waals surface area contributed by atoms with Crippen molar-refractivity contribution in [1.29, 1.82) is 0 Å². The minimum absolute atomic E-state index is 0.259. The van der Waals surface area contributed by atoms with E-state index >= 15 is 0 Å². The topological polar surface area (TPSA) is 89.2 Å². The summed E-state index contributed by atoms with van der Waals surface area (Å²) >= 11 is 6.11. The van der Waals surface area contributed by atoms with Crippen LogP contribution >= 0.6 is 11.6 Å². The van der Waals surface area contributed by atoms with E-state index in [-0.39, 0.29) is 6.10 Å². The van der Waals surface area contributed by atoms with Crippen molar-refractivity contribution in [2.45, 2.75) is 45.3 Å². The zero-order valence-corrected chi connectivity index (χ0v) is 20.7. The van der Waals surface area contributed by atoms with Crippen LogP contribution < -0.4 is 9.47 Å². The normalized spacial score (nSPS) is 13.3. The van der Waals surface area contributed by atoms with Crippen LogP contribution in [-0.4, -0.2) is 45.4 Å². The van der Waals surface area contributed by atoms with E-state index in [0.29, 0.717) is 40.3 Å². The number of carbonyl (C=O) groups is 1. The van der Waals surface area contributed by atoms with Crippen molar-refractivity contribution in [1.82, 2.24) is 4.31 Å². The van der Waals surface area contributed by atoms with Gasteiger partial charge in [0.25, 0.3) is 0 Å². The van der Waals surface area contributed by atoms with E-state index in [0.717, 1.165) is 22.9 Å². The van der Waals surface area contributed by atoms with Gasteiger partial charge in [-0.1, -0.05) is 18.5 Å². The molecule has 0 aliphatic heterocycles. The lowest BCUT2D eigenvalue weighted by atomic mass is 10.2. The monoisotopic (exact) mass is 493 g/mol. The molecule has 3 aromatic rings. The Balaban J connectivity index is 1.72. The number of benzene rings is 2. The third-order valence-corrected chi connectivity index (χ3v) is 6.76. The van der Waals surface area contributed by atoms with Crippen LogP contribution in [-0.2, 0) is 15.8 Å². The van der Waals surface area contributed by atoms with Gasteiger partial charge in [0.2, 0.25) is 5.09 Å². The van der Waals surface area contributed by atoms with Gasteiger partial charge in [-0.2, -0.15) is 0 Å². The summed E-state index contributed by atoms with van der Waals surface area (Å²) < 4.78 is 32.5. The van der Waals surface area contributed by atoms with Gasteiger partial charge in [0.1, 0.15) is 23.2 Å². The molecule has 1 aromatic heterocycles. The predicted octanol–water partition coefficient (Wildman–Crippen LogP) is 5.37. The van der Waals surface area contributed by atoms with E-state index in [1.807, 2.05) is 38.1 Å². The molecule has 0 aliphatic carbocycles. The van der Waals surface area contributed by atoms with E-state index in [4.69, 9.17) is 30.6 Å². The van der Waals surface area contributed by atoms with E-state index < -0.39 is 23.6 Å². The van der Waals surface area contributed by atoms with Gasteiger partial charge < -0.3 is 19.0 Å². The second kappa shape index (κ2) is 11.0. The fourth-order valence-electron chi connectivity index (χ4n) is 3.50. The minimum Gasteiger partial charge on any atom is -0.489 e. The molecular weight excluding hydrogens is 466 g/mol. The van der Waals surface area contributed by atoms with Gasteiger partial charge in [0.15, 0.2) is 17.6 Å². The van der Waals surface area contributed by atoms with Crippen molar-refractivity contribution < 1.29 is 28.0 Å². The molecule has 1 heterocycles. The maximum Gasteiger partial charge on any atom is 0.341 e. The van der Waals surface area contributed by atoms with Crippen LogP contribution in [0.3, 0.4) is 0 Å². The first-order chi connectivity index (χ1) is 15.7. The molecule has 0 bridgehead atoms. The van der Waals surface area contributed by atoms with E-state index in [1.54, 1.807) is 30.3 Å². The van der Waals surface area contributed by atoms with Crippen LogP contribution in [0.2, 0.25) is 5.02 Å². The van der Waals surface area contributed by atoms with Crippen LogP contribution in [0.1, 0.15) is 31.4 Å². The largest absolute Gasteiger partial charge is 0.489 e. The van der Waals surface area contributed by atoms with Gasteiger partial charge >= 0.3 is 5.97 Å². The summed E-state index contributed by atoms with van der Waals surface area (Å²) in [5.74, 6) is 0.0844. The average molecular weight is 494 g/mol. The molecule has 0 saturated carbocycles. The smallest absolute Gasteiger partial charge is 0.341 e. The van der Waals surface area contributed by atoms with Gasteiger partial charge in [0.05, 0.1) is 0 Å². The van der Waals surface area contributed by atoms with Crippen LogP contribution in [0.4, 0.5) is 0 Å². The molecule has 33 heavy (non-hydrogen) atoms. The summed E-state index contributed by atoms with van der Waals surface area (Å²) in [5.41, 5.74) is 2.24. The van der Waals surface area contributed by atoms with Crippen molar-refractivity contribution in [2.75, 3.05) is 19.7 Å². The first-order valence-corrected chi connectivity index (χ1v) is 12.2. The number of aryl methyl sites for hydroxylation is 2. The number of halogens is 1. The van der Waals surface area contributed by atoms with Crippen molar-refractivity contribution in [3.8, 4) is 11.5 Å². The lowest BCUT2D eigenvalue weighted by molar-refractivity contribution is -0.139. The standard InChI is InChI=1S/C24H28ClNO6S/c1-5-10-26(33(29)24-17(4)20-12-18(25)6-8-22(20)32-24)13-16(3)31-19-7-9-21(15(2)11-19)30-14-23(27)28/h6-9,11-12,16H,5,10,13-14H2,1-4H3,(H,27,28). The number of carboxylic acid groups (broad SMARTS) is 1. The molecule has 2 atom stereocenters. The van der Waals surface area contributed by atoms with Gasteiger partial charge in [0, 0.05) is 29.1 Å². The maximum absolute atomic E-state index is 13.4. The number of furan rings is 1. The highest BCUT2D eigenvalue weighted by Crippen LogP contribution is 2.31. The third kappa shape index (κ3) is 6.28. The lowest BCUT2D eigenvalue weighted by Gasteiger charge is -2.24. The van der Waals surface area contributed by atoms with Crippen LogP contribution in [0.15, 0.2) is 45.9 Å². The van der Waals surface area contributed by atoms with Crippen molar-refractivity contribution in [2.24, 2.45) is 0 Å². The molecule has 7 nitrogen and oxygen atoms in total. The second-order valence-electron chi connectivity index (χ2n) is 7.83. The first kappa shape index (κ1) is 25.1. The van der Waals surface area contributed by atoms with Gasteiger partial charge in [-0.15, -0.1) is 0 Å².